The Morgan fingerprint density at radius 1 is 1.25 bits per heavy atom. The van der Waals surface area contributed by atoms with Crippen LogP contribution in [0.25, 0.3) is 0 Å². The van der Waals surface area contributed by atoms with E-state index in [0.717, 1.165) is 45.0 Å². The van der Waals surface area contributed by atoms with Crippen molar-refractivity contribution in [2.24, 2.45) is 10.9 Å². The summed E-state index contributed by atoms with van der Waals surface area (Å²) in [5.41, 5.74) is 1.20. The lowest BCUT2D eigenvalue weighted by Gasteiger charge is -2.14. The Hall–Kier alpha value is -0.900. The number of nitrogens with one attached hydrogen (secondary N) is 2. The maximum Gasteiger partial charge on any atom is 0.191 e. The molecule has 0 spiro atoms. The zero-order valence-electron chi connectivity index (χ0n) is 17.2. The van der Waals surface area contributed by atoms with E-state index in [2.05, 4.69) is 41.6 Å². The molecule has 7 heteroatoms. The number of ether oxygens (including phenoxy) is 3. The summed E-state index contributed by atoms with van der Waals surface area (Å²) in [4.78, 5) is 4.65. The number of aliphatic imine (C=N–C) groups is 1. The molecule has 0 radical (unpaired) electrons. The first-order chi connectivity index (χ1) is 13.3. The zero-order chi connectivity index (χ0) is 19.2. The van der Waals surface area contributed by atoms with Gasteiger partial charge in [0.05, 0.1) is 32.5 Å². The van der Waals surface area contributed by atoms with Gasteiger partial charge < -0.3 is 24.8 Å². The minimum atomic E-state index is 0. The fraction of sp³-hybridized carbons (Fsp3) is 0.667. The molecule has 1 aromatic carbocycles. The van der Waals surface area contributed by atoms with E-state index in [9.17, 15) is 0 Å². The zero-order valence-corrected chi connectivity index (χ0v) is 19.5. The summed E-state index contributed by atoms with van der Waals surface area (Å²) in [5.74, 6) is 1.19. The summed E-state index contributed by atoms with van der Waals surface area (Å²) < 4.78 is 17.0. The molecule has 6 nitrogen and oxygen atoms in total. The summed E-state index contributed by atoms with van der Waals surface area (Å²) in [5, 5.41) is 6.59. The molecule has 28 heavy (non-hydrogen) atoms. The van der Waals surface area contributed by atoms with Crippen LogP contribution in [0.3, 0.4) is 0 Å². The Bertz CT molecular complexity index is 525. The number of halogens is 1. The molecule has 2 atom stereocenters. The van der Waals surface area contributed by atoms with E-state index in [-0.39, 0.29) is 30.1 Å². The highest BCUT2D eigenvalue weighted by Crippen LogP contribution is 2.11. The summed E-state index contributed by atoms with van der Waals surface area (Å²) in [6, 6.07) is 10.2. The first-order valence-corrected chi connectivity index (χ1v) is 10.1. The Labute approximate surface area is 186 Å². The number of guanidine groups is 1. The predicted octanol–water partition coefficient (Wildman–Crippen LogP) is 3.21. The SMILES string of the molecule is CCNC(=NCC(C)COCc1ccccc1)NCCOCC1CCCO1.I. The average Bonchev–Trinajstić information content (AvgIpc) is 3.20. The van der Waals surface area contributed by atoms with Crippen molar-refractivity contribution in [1.82, 2.24) is 10.6 Å². The minimum absolute atomic E-state index is 0. The van der Waals surface area contributed by atoms with E-state index >= 15 is 0 Å². The molecule has 0 aliphatic carbocycles. The second kappa shape index (κ2) is 16.0. The quantitative estimate of drug-likeness (QED) is 0.198. The first-order valence-electron chi connectivity index (χ1n) is 10.1. The number of hydrogen-bond donors (Lipinski definition) is 2. The largest absolute Gasteiger partial charge is 0.377 e. The fourth-order valence-corrected chi connectivity index (χ4v) is 2.83. The maximum atomic E-state index is 5.79. The van der Waals surface area contributed by atoms with Gasteiger partial charge in [0, 0.05) is 26.2 Å². The molecule has 1 heterocycles. The van der Waals surface area contributed by atoms with Gasteiger partial charge in [-0.1, -0.05) is 37.3 Å². The van der Waals surface area contributed by atoms with Gasteiger partial charge in [0.1, 0.15) is 0 Å². The van der Waals surface area contributed by atoms with E-state index < -0.39 is 0 Å². The third kappa shape index (κ3) is 11.2. The molecule has 0 aromatic heterocycles. The molecular formula is C21H36IN3O3. The van der Waals surface area contributed by atoms with E-state index in [1.807, 2.05) is 18.2 Å². The van der Waals surface area contributed by atoms with Crippen LogP contribution in [0.2, 0.25) is 0 Å². The van der Waals surface area contributed by atoms with Crippen LogP contribution in [-0.4, -0.2) is 58.1 Å². The van der Waals surface area contributed by atoms with Gasteiger partial charge in [-0.15, -0.1) is 24.0 Å². The van der Waals surface area contributed by atoms with Crippen molar-refractivity contribution in [3.05, 3.63) is 35.9 Å². The van der Waals surface area contributed by atoms with Crippen molar-refractivity contribution in [3.63, 3.8) is 0 Å². The molecule has 2 rings (SSSR count). The molecule has 0 amide bonds. The summed E-state index contributed by atoms with van der Waals surface area (Å²) in [7, 11) is 0. The molecule has 1 aliphatic heterocycles. The predicted molar refractivity (Wildman–Crippen MR) is 124 cm³/mol. The number of rotatable bonds is 12. The molecule has 2 N–H and O–H groups in total. The van der Waals surface area contributed by atoms with Gasteiger partial charge in [0.2, 0.25) is 0 Å². The van der Waals surface area contributed by atoms with Crippen LogP contribution in [0.1, 0.15) is 32.3 Å². The van der Waals surface area contributed by atoms with Crippen LogP contribution in [-0.2, 0) is 20.8 Å². The number of benzene rings is 1. The van der Waals surface area contributed by atoms with Crippen LogP contribution < -0.4 is 10.6 Å². The highest BCUT2D eigenvalue weighted by atomic mass is 127. The summed E-state index contributed by atoms with van der Waals surface area (Å²) >= 11 is 0. The van der Waals surface area contributed by atoms with Crippen molar-refractivity contribution in [2.45, 2.75) is 39.4 Å². The minimum Gasteiger partial charge on any atom is -0.377 e. The lowest BCUT2D eigenvalue weighted by molar-refractivity contribution is 0.0191. The molecular weight excluding hydrogens is 469 g/mol. The van der Waals surface area contributed by atoms with Crippen LogP contribution in [0.4, 0.5) is 0 Å². The first kappa shape index (κ1) is 25.1. The van der Waals surface area contributed by atoms with E-state index in [1.54, 1.807) is 0 Å². The van der Waals surface area contributed by atoms with Crippen molar-refractivity contribution < 1.29 is 14.2 Å². The van der Waals surface area contributed by atoms with Gasteiger partial charge in [-0.05, 0) is 31.2 Å². The summed E-state index contributed by atoms with van der Waals surface area (Å²) in [6.45, 7) is 10.1. The molecule has 160 valence electrons. The molecule has 2 unspecified atom stereocenters. The normalized spacial score (nSPS) is 17.8. The lowest BCUT2D eigenvalue weighted by Crippen LogP contribution is -2.39. The van der Waals surface area contributed by atoms with Gasteiger partial charge in [-0.2, -0.15) is 0 Å². The third-order valence-electron chi connectivity index (χ3n) is 4.29. The van der Waals surface area contributed by atoms with Crippen molar-refractivity contribution >= 4 is 29.9 Å². The molecule has 0 saturated carbocycles. The van der Waals surface area contributed by atoms with Crippen molar-refractivity contribution in [2.75, 3.05) is 46.1 Å². The van der Waals surface area contributed by atoms with Crippen molar-refractivity contribution in [1.29, 1.82) is 0 Å². The van der Waals surface area contributed by atoms with E-state index in [0.29, 0.717) is 32.3 Å². The average molecular weight is 505 g/mol. The highest BCUT2D eigenvalue weighted by Gasteiger charge is 2.14. The van der Waals surface area contributed by atoms with Gasteiger partial charge in [-0.25, -0.2) is 0 Å². The van der Waals surface area contributed by atoms with E-state index in [1.165, 1.54) is 5.56 Å². The second-order valence-electron chi connectivity index (χ2n) is 6.96. The Morgan fingerprint density at radius 2 is 2.07 bits per heavy atom. The van der Waals surface area contributed by atoms with Crippen LogP contribution >= 0.6 is 24.0 Å². The molecule has 1 aliphatic rings. The van der Waals surface area contributed by atoms with Crippen LogP contribution in [0.5, 0.6) is 0 Å². The number of nitrogens with zero attached hydrogens (tertiary/aromatic N) is 1. The molecule has 1 saturated heterocycles. The Kier molecular flexibility index (Phi) is 14.3. The smallest absolute Gasteiger partial charge is 0.191 e. The standard InChI is InChI=1S/C21H35N3O3.HI/c1-3-22-21(23-11-13-25-17-20-10-7-12-27-20)24-14-18(2)15-26-16-19-8-5-4-6-9-19;/h4-6,8-9,18,20H,3,7,10-17H2,1-2H3,(H2,22,23,24);1H. The van der Waals surface area contributed by atoms with Gasteiger partial charge in [0.15, 0.2) is 5.96 Å². The molecule has 0 bridgehead atoms. The monoisotopic (exact) mass is 505 g/mol. The molecule has 1 aromatic rings. The van der Waals surface area contributed by atoms with Crippen LogP contribution in [0, 0.1) is 5.92 Å². The van der Waals surface area contributed by atoms with Gasteiger partial charge in [-0.3, -0.25) is 4.99 Å². The lowest BCUT2D eigenvalue weighted by atomic mass is 10.2. The summed E-state index contributed by atoms with van der Waals surface area (Å²) in [6.07, 6.45) is 2.54. The molecule has 1 fully saturated rings. The van der Waals surface area contributed by atoms with Gasteiger partial charge >= 0.3 is 0 Å². The topological polar surface area (TPSA) is 64.1 Å². The third-order valence-corrected chi connectivity index (χ3v) is 4.29. The van der Waals surface area contributed by atoms with E-state index in [4.69, 9.17) is 14.2 Å². The fourth-order valence-electron chi connectivity index (χ4n) is 2.83. The van der Waals surface area contributed by atoms with Crippen molar-refractivity contribution in [3.8, 4) is 0 Å². The van der Waals surface area contributed by atoms with Gasteiger partial charge in [0.25, 0.3) is 0 Å². The Balaban J connectivity index is 0.00000392. The highest BCUT2D eigenvalue weighted by molar-refractivity contribution is 14.0. The Morgan fingerprint density at radius 3 is 2.79 bits per heavy atom. The maximum absolute atomic E-state index is 5.79. The number of hydrogen-bond acceptors (Lipinski definition) is 4. The second-order valence-corrected chi connectivity index (χ2v) is 6.96. The van der Waals surface area contributed by atoms with Crippen LogP contribution in [0.15, 0.2) is 35.3 Å².